The molecule has 0 bridgehead atoms. The van der Waals surface area contributed by atoms with Crippen LogP contribution in [0.25, 0.3) is 16.9 Å². The molecule has 8 nitrogen and oxygen atoms in total. The van der Waals surface area contributed by atoms with Gasteiger partial charge in [0.25, 0.3) is 0 Å². The molecule has 0 aromatic carbocycles. The van der Waals surface area contributed by atoms with Gasteiger partial charge in [0.05, 0.1) is 17.4 Å². The maximum absolute atomic E-state index is 12.4. The van der Waals surface area contributed by atoms with E-state index in [-0.39, 0.29) is 17.8 Å². The van der Waals surface area contributed by atoms with Crippen molar-refractivity contribution in [3.05, 3.63) is 41.9 Å². The molecular formula is C15H11FN6O2. The van der Waals surface area contributed by atoms with Crippen LogP contribution in [0.2, 0.25) is 0 Å². The van der Waals surface area contributed by atoms with E-state index in [9.17, 15) is 14.3 Å². The Hall–Kier alpha value is -3.54. The molecule has 0 spiro atoms. The van der Waals surface area contributed by atoms with E-state index in [2.05, 4.69) is 20.4 Å². The molecular weight excluding hydrogens is 315 g/mol. The van der Waals surface area contributed by atoms with Crippen molar-refractivity contribution in [2.75, 3.05) is 18.5 Å². The second-order valence-corrected chi connectivity index (χ2v) is 4.81. The van der Waals surface area contributed by atoms with Crippen molar-refractivity contribution in [3.63, 3.8) is 0 Å². The maximum Gasteiger partial charge on any atom is 0.339 e. The van der Waals surface area contributed by atoms with Gasteiger partial charge in [0.2, 0.25) is 0 Å². The van der Waals surface area contributed by atoms with Gasteiger partial charge in [0, 0.05) is 30.4 Å². The fraction of sp³-hybridized carbons (Fsp3) is 0.133. The fourth-order valence-corrected chi connectivity index (χ4v) is 2.21. The Balaban J connectivity index is 2.09. The minimum atomic E-state index is -1.17. The maximum atomic E-state index is 12.4. The monoisotopic (exact) mass is 326 g/mol. The molecule has 3 rings (SSSR count). The Morgan fingerprint density at radius 3 is 2.88 bits per heavy atom. The van der Waals surface area contributed by atoms with Crippen LogP contribution in [0, 0.1) is 11.3 Å². The van der Waals surface area contributed by atoms with E-state index < -0.39 is 12.6 Å². The number of nitrogens with zero attached hydrogens (tertiary/aromatic N) is 5. The van der Waals surface area contributed by atoms with Gasteiger partial charge in [-0.15, -0.1) is 0 Å². The standard InChI is InChI=1S/C15H11FN6O2/c16-1-2-18-12-4-13(19-8-11(12)15(23)24)22-14-10(7-21-22)3-9(5-17)6-20-14/h3-4,6-8H,1-2H2,(H,18,19)(H,23,24). The number of fused-ring (bicyclic) bond motifs is 1. The Morgan fingerprint density at radius 2 is 2.17 bits per heavy atom. The van der Waals surface area contributed by atoms with E-state index in [1.165, 1.54) is 29.3 Å². The van der Waals surface area contributed by atoms with Crippen LogP contribution in [0.1, 0.15) is 15.9 Å². The van der Waals surface area contributed by atoms with Crippen molar-refractivity contribution < 1.29 is 14.3 Å². The summed E-state index contributed by atoms with van der Waals surface area (Å²) in [5.41, 5.74) is 1.05. The van der Waals surface area contributed by atoms with E-state index in [0.29, 0.717) is 22.4 Å². The first kappa shape index (κ1) is 15.4. The number of aromatic carboxylic acids is 1. The summed E-state index contributed by atoms with van der Waals surface area (Å²) in [6.07, 6.45) is 4.12. The minimum absolute atomic E-state index is 0.0205. The third-order valence-electron chi connectivity index (χ3n) is 3.28. The summed E-state index contributed by atoms with van der Waals surface area (Å²) in [6, 6.07) is 5.10. The molecule has 0 aliphatic rings. The summed E-state index contributed by atoms with van der Waals surface area (Å²) in [5.74, 6) is -0.842. The summed E-state index contributed by atoms with van der Waals surface area (Å²) >= 11 is 0. The second-order valence-electron chi connectivity index (χ2n) is 4.81. The number of halogens is 1. The molecule has 0 saturated heterocycles. The minimum Gasteiger partial charge on any atom is -0.478 e. The van der Waals surface area contributed by atoms with E-state index in [0.717, 1.165) is 0 Å². The van der Waals surface area contributed by atoms with Crippen LogP contribution in [0.15, 0.2) is 30.7 Å². The van der Waals surface area contributed by atoms with E-state index >= 15 is 0 Å². The molecule has 120 valence electrons. The van der Waals surface area contributed by atoms with E-state index in [1.54, 1.807) is 6.07 Å². The molecule has 0 amide bonds. The lowest BCUT2D eigenvalue weighted by Crippen LogP contribution is -2.11. The number of carbonyl (C=O) groups is 1. The average molecular weight is 326 g/mol. The molecule has 9 heteroatoms. The second kappa shape index (κ2) is 6.29. The first-order valence-corrected chi connectivity index (χ1v) is 6.91. The molecule has 2 N–H and O–H groups in total. The highest BCUT2D eigenvalue weighted by Crippen LogP contribution is 2.21. The number of nitriles is 1. The number of aromatic nitrogens is 4. The van der Waals surface area contributed by atoms with Crippen LogP contribution in [0.5, 0.6) is 0 Å². The molecule has 0 fully saturated rings. The molecule has 0 radical (unpaired) electrons. The van der Waals surface area contributed by atoms with Crippen LogP contribution in [0.3, 0.4) is 0 Å². The van der Waals surface area contributed by atoms with Crippen LogP contribution < -0.4 is 5.32 Å². The number of hydrogen-bond acceptors (Lipinski definition) is 6. The average Bonchev–Trinajstić information content (AvgIpc) is 3.02. The lowest BCUT2D eigenvalue weighted by molar-refractivity contribution is 0.0697. The molecule has 3 heterocycles. The molecule has 0 atom stereocenters. The van der Waals surface area contributed by atoms with Crippen molar-refractivity contribution >= 4 is 22.7 Å². The fourth-order valence-electron chi connectivity index (χ4n) is 2.21. The van der Waals surface area contributed by atoms with Gasteiger partial charge < -0.3 is 10.4 Å². The molecule has 24 heavy (non-hydrogen) atoms. The van der Waals surface area contributed by atoms with Crippen molar-refractivity contribution in [1.29, 1.82) is 5.26 Å². The molecule has 0 aliphatic heterocycles. The molecule has 0 saturated carbocycles. The zero-order valence-electron chi connectivity index (χ0n) is 12.3. The zero-order chi connectivity index (χ0) is 17.1. The third-order valence-corrected chi connectivity index (χ3v) is 3.28. The summed E-state index contributed by atoms with van der Waals surface area (Å²) < 4.78 is 13.8. The first-order chi connectivity index (χ1) is 11.6. The number of nitrogens with one attached hydrogen (secondary N) is 1. The summed E-state index contributed by atoms with van der Waals surface area (Å²) in [7, 11) is 0. The Bertz CT molecular complexity index is 962. The van der Waals surface area contributed by atoms with Crippen molar-refractivity contribution in [1.82, 2.24) is 19.7 Å². The highest BCUT2D eigenvalue weighted by atomic mass is 19.1. The number of anilines is 1. The summed E-state index contributed by atoms with van der Waals surface area (Å²) in [4.78, 5) is 19.5. The predicted molar refractivity (Wildman–Crippen MR) is 82.8 cm³/mol. The quantitative estimate of drug-likeness (QED) is 0.733. The smallest absolute Gasteiger partial charge is 0.339 e. The summed E-state index contributed by atoms with van der Waals surface area (Å²) in [6.45, 7) is -0.659. The van der Waals surface area contributed by atoms with Crippen molar-refractivity contribution in [2.24, 2.45) is 0 Å². The van der Waals surface area contributed by atoms with E-state index in [4.69, 9.17) is 5.26 Å². The van der Waals surface area contributed by atoms with Gasteiger partial charge in [0.1, 0.15) is 18.3 Å². The molecule has 0 aliphatic carbocycles. The molecule has 3 aromatic rings. The Kier molecular flexibility index (Phi) is 4.03. The van der Waals surface area contributed by atoms with Crippen molar-refractivity contribution in [2.45, 2.75) is 0 Å². The van der Waals surface area contributed by atoms with Crippen LogP contribution in [0.4, 0.5) is 10.1 Å². The van der Waals surface area contributed by atoms with Crippen LogP contribution in [-0.2, 0) is 0 Å². The van der Waals surface area contributed by atoms with Gasteiger partial charge in [0.15, 0.2) is 11.5 Å². The Labute approximate surface area is 135 Å². The lowest BCUT2D eigenvalue weighted by atomic mass is 10.2. The number of carboxylic acids is 1. The normalized spacial score (nSPS) is 10.5. The van der Waals surface area contributed by atoms with Gasteiger partial charge in [-0.1, -0.05) is 0 Å². The van der Waals surface area contributed by atoms with Crippen LogP contribution >= 0.6 is 0 Å². The number of alkyl halides is 1. The largest absolute Gasteiger partial charge is 0.478 e. The molecule has 3 aromatic heterocycles. The highest BCUT2D eigenvalue weighted by Gasteiger charge is 2.15. The highest BCUT2D eigenvalue weighted by molar-refractivity contribution is 5.94. The number of carboxylic acid groups (broad SMARTS) is 1. The lowest BCUT2D eigenvalue weighted by Gasteiger charge is -2.10. The number of hydrogen-bond donors (Lipinski definition) is 2. The van der Waals surface area contributed by atoms with Gasteiger partial charge in [-0.2, -0.15) is 15.0 Å². The first-order valence-electron chi connectivity index (χ1n) is 6.91. The number of pyridine rings is 2. The topological polar surface area (TPSA) is 117 Å². The third kappa shape index (κ3) is 2.72. The van der Waals surface area contributed by atoms with Gasteiger partial charge in [-0.25, -0.2) is 19.2 Å². The Morgan fingerprint density at radius 1 is 1.33 bits per heavy atom. The van der Waals surface area contributed by atoms with Gasteiger partial charge >= 0.3 is 5.97 Å². The van der Waals surface area contributed by atoms with Gasteiger partial charge in [-0.3, -0.25) is 0 Å². The van der Waals surface area contributed by atoms with E-state index in [1.807, 2.05) is 6.07 Å². The SMILES string of the molecule is N#Cc1cnc2c(cnn2-c2cc(NCCF)c(C(=O)O)cn2)c1. The predicted octanol–water partition coefficient (Wildman–Crippen LogP) is 1.77. The zero-order valence-corrected chi connectivity index (χ0v) is 12.3. The van der Waals surface area contributed by atoms with Crippen molar-refractivity contribution in [3.8, 4) is 11.9 Å². The van der Waals surface area contributed by atoms with Crippen LogP contribution in [-0.4, -0.2) is 44.0 Å². The van der Waals surface area contributed by atoms with Gasteiger partial charge in [-0.05, 0) is 6.07 Å². The number of rotatable bonds is 5. The molecule has 0 unspecified atom stereocenters. The summed E-state index contributed by atoms with van der Waals surface area (Å²) in [5, 5.41) is 25.6.